The molecule has 0 aromatic rings. The maximum absolute atomic E-state index is 11.7. The van der Waals surface area contributed by atoms with Gasteiger partial charge >= 0.3 is 19.4 Å². The summed E-state index contributed by atoms with van der Waals surface area (Å²) in [5.74, 6) is -2.16. The molecule has 0 spiro atoms. The zero-order valence-electron chi connectivity index (χ0n) is 8.69. The Hall–Kier alpha value is -0.910. The third-order valence-corrected chi connectivity index (χ3v) is 3.16. The van der Waals surface area contributed by atoms with Crippen LogP contribution in [0.2, 0.25) is 0 Å². The number of rotatable bonds is 6. The van der Waals surface area contributed by atoms with Gasteiger partial charge in [0.05, 0.1) is 13.2 Å². The highest BCUT2D eigenvalue weighted by Gasteiger charge is 2.25. The van der Waals surface area contributed by atoms with Gasteiger partial charge in [0.1, 0.15) is 6.29 Å². The zero-order chi connectivity index (χ0) is 11.9. The molecule has 0 saturated carbocycles. The minimum Gasteiger partial charge on any atom is -0.361 e. The Labute approximate surface area is 87.8 Å². The van der Waals surface area contributed by atoms with E-state index < -0.39 is 19.4 Å². The fraction of sp³-hybridized carbons (Fsp3) is 0.714. The van der Waals surface area contributed by atoms with Gasteiger partial charge < -0.3 is 20.1 Å². The van der Waals surface area contributed by atoms with Crippen molar-refractivity contribution in [2.24, 2.45) is 5.73 Å². The van der Waals surface area contributed by atoms with Gasteiger partial charge in [-0.1, -0.05) is 0 Å². The van der Waals surface area contributed by atoms with Crippen LogP contribution in [0.5, 0.6) is 0 Å². The van der Waals surface area contributed by atoms with E-state index in [4.69, 9.17) is 14.8 Å². The molecular weight excluding hydrogens is 223 g/mol. The van der Waals surface area contributed by atoms with Gasteiger partial charge in [0.25, 0.3) is 0 Å². The first-order valence-corrected chi connectivity index (χ1v) is 6.13. The number of hydrogen-bond donors (Lipinski definition) is 2. The molecular formula is C7H15N2O5P. The van der Waals surface area contributed by atoms with Crippen LogP contribution in [0.4, 0.5) is 0 Å². The van der Waals surface area contributed by atoms with Crippen molar-refractivity contribution in [2.75, 3.05) is 19.5 Å². The topological polar surface area (TPSA) is 108 Å². The van der Waals surface area contributed by atoms with Crippen molar-refractivity contribution in [3.63, 3.8) is 0 Å². The standard InChI is InChI=1S/C7H15N2O5P/c1-3-13-15(12,14-4-2)5-9-7(11)6(8)10/h3-5H2,1-2H3,(H2,8,10)(H,9,11). The fourth-order valence-electron chi connectivity index (χ4n) is 0.778. The molecule has 0 heterocycles. The van der Waals surface area contributed by atoms with Crippen LogP contribution in [0.15, 0.2) is 0 Å². The van der Waals surface area contributed by atoms with Crippen molar-refractivity contribution < 1.29 is 23.2 Å². The van der Waals surface area contributed by atoms with E-state index in [1.807, 2.05) is 0 Å². The molecule has 0 aliphatic rings. The quantitative estimate of drug-likeness (QED) is 0.492. The van der Waals surface area contributed by atoms with Gasteiger partial charge in [-0.25, -0.2) is 0 Å². The highest BCUT2D eigenvalue weighted by atomic mass is 31.2. The van der Waals surface area contributed by atoms with E-state index in [1.54, 1.807) is 13.8 Å². The van der Waals surface area contributed by atoms with Crippen molar-refractivity contribution in [3.8, 4) is 0 Å². The second-order valence-corrected chi connectivity index (χ2v) is 4.53. The highest BCUT2D eigenvalue weighted by molar-refractivity contribution is 7.53. The molecule has 8 heteroatoms. The smallest absolute Gasteiger partial charge is 0.349 e. The van der Waals surface area contributed by atoms with E-state index in [9.17, 15) is 14.2 Å². The summed E-state index contributed by atoms with van der Waals surface area (Å²) in [6, 6.07) is 0. The number of nitrogens with one attached hydrogen (secondary N) is 1. The summed E-state index contributed by atoms with van der Waals surface area (Å²) in [5, 5.41) is 2.07. The third kappa shape index (κ3) is 5.51. The molecule has 0 saturated heterocycles. The minimum absolute atomic E-state index is 0.184. The summed E-state index contributed by atoms with van der Waals surface area (Å²) in [6.45, 7) is 3.65. The van der Waals surface area contributed by atoms with Gasteiger partial charge in [0.2, 0.25) is 0 Å². The minimum atomic E-state index is -3.35. The highest BCUT2D eigenvalue weighted by Crippen LogP contribution is 2.46. The lowest BCUT2D eigenvalue weighted by Crippen LogP contribution is -2.36. The summed E-state index contributed by atoms with van der Waals surface area (Å²) in [4.78, 5) is 21.2. The lowest BCUT2D eigenvalue weighted by Gasteiger charge is -2.16. The van der Waals surface area contributed by atoms with Gasteiger partial charge in [0, 0.05) is 0 Å². The maximum Gasteiger partial charge on any atom is 0.349 e. The molecule has 7 nitrogen and oxygen atoms in total. The van der Waals surface area contributed by atoms with Crippen LogP contribution < -0.4 is 11.1 Å². The van der Waals surface area contributed by atoms with Gasteiger partial charge in [0.15, 0.2) is 0 Å². The average molecular weight is 238 g/mol. The number of carbonyl (C=O) groups excluding carboxylic acids is 2. The lowest BCUT2D eigenvalue weighted by molar-refractivity contribution is -0.137. The Kier molecular flexibility index (Phi) is 6.15. The molecule has 3 N–H and O–H groups in total. The van der Waals surface area contributed by atoms with E-state index in [2.05, 4.69) is 5.32 Å². The molecule has 2 amide bonds. The Balaban J connectivity index is 4.24. The molecule has 0 aliphatic carbocycles. The Morgan fingerprint density at radius 1 is 1.27 bits per heavy atom. The van der Waals surface area contributed by atoms with Crippen molar-refractivity contribution in [3.05, 3.63) is 0 Å². The van der Waals surface area contributed by atoms with E-state index in [-0.39, 0.29) is 19.5 Å². The Morgan fingerprint density at radius 2 is 1.73 bits per heavy atom. The number of nitrogens with two attached hydrogens (primary N) is 1. The van der Waals surface area contributed by atoms with Crippen LogP contribution in [-0.2, 0) is 23.2 Å². The molecule has 0 fully saturated rings. The normalized spacial score (nSPS) is 11.1. The molecule has 0 aromatic heterocycles. The molecule has 0 aromatic carbocycles. The summed E-state index contributed by atoms with van der Waals surface area (Å²) in [7, 11) is -3.35. The molecule has 0 radical (unpaired) electrons. The Bertz CT molecular complexity index is 271. The Morgan fingerprint density at radius 3 is 2.07 bits per heavy atom. The average Bonchev–Trinajstić information content (AvgIpc) is 2.15. The van der Waals surface area contributed by atoms with E-state index in [0.717, 1.165) is 0 Å². The van der Waals surface area contributed by atoms with E-state index >= 15 is 0 Å². The van der Waals surface area contributed by atoms with Crippen molar-refractivity contribution >= 4 is 19.4 Å². The molecule has 88 valence electrons. The SMILES string of the molecule is CCOP(=O)(CNC(=O)C(N)=O)OCC. The zero-order valence-corrected chi connectivity index (χ0v) is 9.58. The fourth-order valence-corrected chi connectivity index (χ4v) is 2.16. The van der Waals surface area contributed by atoms with Gasteiger partial charge in [-0.05, 0) is 13.8 Å². The summed E-state index contributed by atoms with van der Waals surface area (Å²) in [5.41, 5.74) is 4.69. The largest absolute Gasteiger partial charge is 0.361 e. The molecule has 0 bridgehead atoms. The van der Waals surface area contributed by atoms with Crippen LogP contribution in [-0.4, -0.2) is 31.3 Å². The predicted octanol–water partition coefficient (Wildman–Crippen LogP) is -0.188. The van der Waals surface area contributed by atoms with E-state index in [1.165, 1.54) is 0 Å². The van der Waals surface area contributed by atoms with Crippen LogP contribution in [0.25, 0.3) is 0 Å². The number of hydrogen-bond acceptors (Lipinski definition) is 5. The maximum atomic E-state index is 11.7. The van der Waals surface area contributed by atoms with Gasteiger partial charge in [-0.3, -0.25) is 14.2 Å². The summed E-state index contributed by atoms with van der Waals surface area (Å²) < 4.78 is 21.5. The lowest BCUT2D eigenvalue weighted by atomic mass is 10.6. The second kappa shape index (κ2) is 6.55. The summed E-state index contributed by atoms with van der Waals surface area (Å²) >= 11 is 0. The van der Waals surface area contributed by atoms with Gasteiger partial charge in [-0.2, -0.15) is 0 Å². The number of amides is 2. The van der Waals surface area contributed by atoms with Crippen molar-refractivity contribution in [2.45, 2.75) is 13.8 Å². The van der Waals surface area contributed by atoms with Crippen molar-refractivity contribution in [1.82, 2.24) is 5.32 Å². The van der Waals surface area contributed by atoms with Crippen LogP contribution in [0.3, 0.4) is 0 Å². The van der Waals surface area contributed by atoms with E-state index in [0.29, 0.717) is 0 Å². The molecule has 0 rings (SSSR count). The van der Waals surface area contributed by atoms with Crippen LogP contribution >= 0.6 is 7.60 Å². The molecule has 0 unspecified atom stereocenters. The number of carbonyl (C=O) groups is 2. The summed E-state index contributed by atoms with van der Waals surface area (Å²) in [6.07, 6.45) is -0.365. The second-order valence-electron chi connectivity index (χ2n) is 2.47. The predicted molar refractivity (Wildman–Crippen MR) is 53.1 cm³/mol. The van der Waals surface area contributed by atoms with Gasteiger partial charge in [-0.15, -0.1) is 0 Å². The number of primary amides is 1. The monoisotopic (exact) mass is 238 g/mol. The first-order chi connectivity index (χ1) is 6.95. The molecule has 0 atom stereocenters. The molecule has 15 heavy (non-hydrogen) atoms. The van der Waals surface area contributed by atoms with Crippen LogP contribution in [0.1, 0.15) is 13.8 Å². The first-order valence-electron chi connectivity index (χ1n) is 4.41. The third-order valence-electron chi connectivity index (χ3n) is 1.31. The van der Waals surface area contributed by atoms with Crippen molar-refractivity contribution in [1.29, 1.82) is 0 Å². The molecule has 0 aliphatic heterocycles. The first kappa shape index (κ1) is 14.1. The van der Waals surface area contributed by atoms with Crippen LogP contribution in [0, 0.1) is 0 Å².